The van der Waals surface area contributed by atoms with Crippen molar-refractivity contribution < 1.29 is 9.13 Å². The summed E-state index contributed by atoms with van der Waals surface area (Å²) in [4.78, 5) is 8.71. The molecule has 5 heteroatoms. The molecule has 0 saturated heterocycles. The van der Waals surface area contributed by atoms with Crippen molar-refractivity contribution in [3.63, 3.8) is 0 Å². The molecule has 0 atom stereocenters. The highest BCUT2D eigenvalue weighted by Crippen LogP contribution is 2.18. The number of nitrogens with one attached hydrogen (secondary N) is 1. The van der Waals surface area contributed by atoms with Crippen molar-refractivity contribution in [1.29, 1.82) is 0 Å². The van der Waals surface area contributed by atoms with E-state index in [9.17, 15) is 4.39 Å². The maximum Gasteiger partial charge on any atom is 0.161 e. The molecular formula is C13H14FN3O. The average molecular weight is 247 g/mol. The number of benzene rings is 1. The smallest absolute Gasteiger partial charge is 0.161 e. The molecule has 18 heavy (non-hydrogen) atoms. The van der Waals surface area contributed by atoms with Crippen molar-refractivity contribution in [3.05, 3.63) is 41.8 Å². The van der Waals surface area contributed by atoms with E-state index in [1.54, 1.807) is 26.3 Å². The fraction of sp³-hybridized carbons (Fsp3) is 0.231. The van der Waals surface area contributed by atoms with Crippen molar-refractivity contribution in [2.24, 2.45) is 0 Å². The summed E-state index contributed by atoms with van der Waals surface area (Å²) < 4.78 is 17.9. The van der Waals surface area contributed by atoms with Gasteiger partial charge in [-0.15, -0.1) is 0 Å². The second-order valence-electron chi connectivity index (χ2n) is 3.76. The number of hydrogen-bond acceptors (Lipinski definition) is 4. The van der Waals surface area contributed by atoms with Crippen LogP contribution >= 0.6 is 0 Å². The van der Waals surface area contributed by atoms with Crippen LogP contribution in [0, 0.1) is 5.82 Å². The fourth-order valence-electron chi connectivity index (χ4n) is 1.58. The van der Waals surface area contributed by atoms with Crippen LogP contribution in [0.5, 0.6) is 0 Å². The Morgan fingerprint density at radius 2 is 1.94 bits per heavy atom. The first-order chi connectivity index (χ1) is 8.72. The summed E-state index contributed by atoms with van der Waals surface area (Å²) >= 11 is 0. The maximum absolute atomic E-state index is 12.9. The quantitative estimate of drug-likeness (QED) is 0.901. The Hall–Kier alpha value is -2.01. The summed E-state index contributed by atoms with van der Waals surface area (Å²) in [5.41, 5.74) is 1.54. The molecule has 1 N–H and O–H groups in total. The summed E-state index contributed by atoms with van der Waals surface area (Å²) in [6.45, 7) is 0.408. The topological polar surface area (TPSA) is 47.0 Å². The molecule has 0 radical (unpaired) electrons. The summed E-state index contributed by atoms with van der Waals surface area (Å²) in [6.07, 6.45) is 0. The van der Waals surface area contributed by atoms with Crippen molar-refractivity contribution in [3.8, 4) is 11.4 Å². The first kappa shape index (κ1) is 12.4. The zero-order valence-electron chi connectivity index (χ0n) is 10.3. The van der Waals surface area contributed by atoms with E-state index < -0.39 is 0 Å². The molecule has 0 aliphatic carbocycles. The van der Waals surface area contributed by atoms with Gasteiger partial charge in [-0.05, 0) is 24.3 Å². The summed E-state index contributed by atoms with van der Waals surface area (Å²) in [5, 5.41) is 2.97. The summed E-state index contributed by atoms with van der Waals surface area (Å²) in [6, 6.07) is 7.90. The maximum atomic E-state index is 12.9. The lowest BCUT2D eigenvalue weighted by Gasteiger charge is -2.07. The molecule has 0 aliphatic heterocycles. The molecule has 0 fully saturated rings. The number of ether oxygens (including phenoxy) is 1. The highest BCUT2D eigenvalue weighted by atomic mass is 19.1. The van der Waals surface area contributed by atoms with E-state index in [2.05, 4.69) is 15.3 Å². The van der Waals surface area contributed by atoms with Crippen LogP contribution in [0.25, 0.3) is 11.4 Å². The molecule has 0 unspecified atom stereocenters. The van der Waals surface area contributed by atoms with Crippen molar-refractivity contribution in [2.75, 3.05) is 19.5 Å². The zero-order chi connectivity index (χ0) is 13.0. The molecule has 2 aromatic rings. The average Bonchev–Trinajstić information content (AvgIpc) is 2.39. The van der Waals surface area contributed by atoms with Gasteiger partial charge in [-0.2, -0.15) is 0 Å². The van der Waals surface area contributed by atoms with Crippen LogP contribution in [0.1, 0.15) is 5.69 Å². The van der Waals surface area contributed by atoms with Gasteiger partial charge in [0.05, 0.1) is 12.3 Å². The van der Waals surface area contributed by atoms with E-state index >= 15 is 0 Å². The van der Waals surface area contributed by atoms with Gasteiger partial charge in [-0.25, -0.2) is 14.4 Å². The Bertz CT molecular complexity index is 528. The van der Waals surface area contributed by atoms with Gasteiger partial charge in [0.1, 0.15) is 11.6 Å². The number of nitrogens with zero attached hydrogens (tertiary/aromatic N) is 2. The number of hydrogen-bond donors (Lipinski definition) is 1. The van der Waals surface area contributed by atoms with Gasteiger partial charge in [-0.1, -0.05) is 0 Å². The van der Waals surface area contributed by atoms with Gasteiger partial charge < -0.3 is 10.1 Å². The molecule has 4 nitrogen and oxygen atoms in total. The van der Waals surface area contributed by atoms with Crippen molar-refractivity contribution >= 4 is 5.82 Å². The third-order valence-electron chi connectivity index (χ3n) is 2.43. The second kappa shape index (κ2) is 5.55. The number of rotatable bonds is 4. The Morgan fingerprint density at radius 3 is 2.56 bits per heavy atom. The van der Waals surface area contributed by atoms with Crippen LogP contribution in [0.4, 0.5) is 10.2 Å². The summed E-state index contributed by atoms with van der Waals surface area (Å²) in [7, 11) is 3.39. The predicted octanol–water partition coefficient (Wildman–Crippen LogP) is 2.47. The lowest BCUT2D eigenvalue weighted by Crippen LogP contribution is -2.01. The first-order valence-corrected chi connectivity index (χ1v) is 5.53. The number of halogens is 1. The van der Waals surface area contributed by atoms with Gasteiger partial charge in [0.2, 0.25) is 0 Å². The minimum absolute atomic E-state index is 0.277. The Morgan fingerprint density at radius 1 is 1.22 bits per heavy atom. The standard InChI is InChI=1S/C13H14FN3O/c1-15-12-7-11(8-18-2)16-13(17-12)9-3-5-10(14)6-4-9/h3-7H,8H2,1-2H3,(H,15,16,17). The molecule has 1 aromatic carbocycles. The van der Waals surface area contributed by atoms with E-state index in [1.807, 2.05) is 6.07 Å². The number of aromatic nitrogens is 2. The normalized spacial score (nSPS) is 10.4. The Kier molecular flexibility index (Phi) is 3.84. The van der Waals surface area contributed by atoms with Crippen LogP contribution in [-0.2, 0) is 11.3 Å². The second-order valence-corrected chi connectivity index (χ2v) is 3.76. The lowest BCUT2D eigenvalue weighted by atomic mass is 10.2. The SMILES string of the molecule is CNc1cc(COC)nc(-c2ccc(F)cc2)n1. The zero-order valence-corrected chi connectivity index (χ0v) is 10.3. The Labute approximate surface area is 105 Å². The molecule has 0 saturated carbocycles. The lowest BCUT2D eigenvalue weighted by molar-refractivity contribution is 0.181. The highest BCUT2D eigenvalue weighted by molar-refractivity contribution is 5.57. The Balaban J connectivity index is 2.42. The monoisotopic (exact) mass is 247 g/mol. The van der Waals surface area contributed by atoms with E-state index in [4.69, 9.17) is 4.74 Å². The summed E-state index contributed by atoms with van der Waals surface area (Å²) in [5.74, 6) is 0.978. The van der Waals surface area contributed by atoms with E-state index in [0.717, 1.165) is 11.3 Å². The molecule has 94 valence electrons. The molecule has 0 spiro atoms. The van der Waals surface area contributed by atoms with Crippen LogP contribution in [0.2, 0.25) is 0 Å². The van der Waals surface area contributed by atoms with Gasteiger partial charge in [0, 0.05) is 25.8 Å². The molecule has 1 heterocycles. The number of methoxy groups -OCH3 is 1. The van der Waals surface area contributed by atoms with Gasteiger partial charge in [0.25, 0.3) is 0 Å². The largest absolute Gasteiger partial charge is 0.378 e. The minimum atomic E-state index is -0.277. The van der Waals surface area contributed by atoms with E-state index in [-0.39, 0.29) is 5.82 Å². The van der Waals surface area contributed by atoms with Crippen molar-refractivity contribution in [1.82, 2.24) is 9.97 Å². The van der Waals surface area contributed by atoms with Crippen LogP contribution in [0.3, 0.4) is 0 Å². The molecular weight excluding hydrogens is 233 g/mol. The van der Waals surface area contributed by atoms with Gasteiger partial charge in [-0.3, -0.25) is 0 Å². The van der Waals surface area contributed by atoms with Crippen molar-refractivity contribution in [2.45, 2.75) is 6.61 Å². The molecule has 2 rings (SSSR count). The number of anilines is 1. The van der Waals surface area contributed by atoms with Crippen LogP contribution in [-0.4, -0.2) is 24.1 Å². The molecule has 0 aliphatic rings. The first-order valence-electron chi connectivity index (χ1n) is 5.53. The van der Waals surface area contributed by atoms with Gasteiger partial charge in [0.15, 0.2) is 5.82 Å². The third kappa shape index (κ3) is 2.81. The fourth-order valence-corrected chi connectivity index (χ4v) is 1.58. The van der Waals surface area contributed by atoms with Gasteiger partial charge >= 0.3 is 0 Å². The third-order valence-corrected chi connectivity index (χ3v) is 2.43. The van der Waals surface area contributed by atoms with Crippen LogP contribution < -0.4 is 5.32 Å². The van der Waals surface area contributed by atoms with Crippen LogP contribution in [0.15, 0.2) is 30.3 Å². The molecule has 1 aromatic heterocycles. The minimum Gasteiger partial charge on any atom is -0.378 e. The van der Waals surface area contributed by atoms with E-state index in [0.29, 0.717) is 18.2 Å². The molecule has 0 amide bonds. The predicted molar refractivity (Wildman–Crippen MR) is 67.7 cm³/mol. The molecule has 0 bridgehead atoms. The van der Waals surface area contributed by atoms with E-state index in [1.165, 1.54) is 12.1 Å². The highest BCUT2D eigenvalue weighted by Gasteiger charge is 2.06.